The van der Waals surface area contributed by atoms with E-state index in [9.17, 15) is 14.4 Å². The van der Waals surface area contributed by atoms with Gasteiger partial charge in [-0.15, -0.1) is 0 Å². The summed E-state index contributed by atoms with van der Waals surface area (Å²) >= 11 is 0. The fourth-order valence-corrected chi connectivity index (χ4v) is 2.77. The van der Waals surface area contributed by atoms with Gasteiger partial charge in [0.2, 0.25) is 0 Å². The zero-order valence-electron chi connectivity index (χ0n) is 16.7. The lowest BCUT2D eigenvalue weighted by Crippen LogP contribution is -2.55. The normalized spacial score (nSPS) is 11.0. The van der Waals surface area contributed by atoms with E-state index >= 15 is 0 Å². The van der Waals surface area contributed by atoms with Gasteiger partial charge >= 0.3 is 0 Å². The second kappa shape index (κ2) is 7.74. The SMILES string of the molecule is CC(=O)c1ccc(C(=O)NN(C(=O)c2cc(C)cc(C)c2)C(C)(C)C)cc1. The minimum Gasteiger partial charge on any atom is -0.295 e. The number of amides is 2. The molecule has 0 aliphatic rings. The van der Waals surface area contributed by atoms with Crippen LogP contribution in [0.2, 0.25) is 0 Å². The second-order valence-electron chi connectivity index (χ2n) is 7.76. The Balaban J connectivity index is 2.30. The van der Waals surface area contributed by atoms with Crippen LogP contribution in [0.3, 0.4) is 0 Å². The van der Waals surface area contributed by atoms with Crippen LogP contribution in [0, 0.1) is 13.8 Å². The molecule has 0 radical (unpaired) electrons. The van der Waals surface area contributed by atoms with Crippen molar-refractivity contribution >= 4 is 17.6 Å². The summed E-state index contributed by atoms with van der Waals surface area (Å²) in [6.07, 6.45) is 0. The van der Waals surface area contributed by atoms with Crippen molar-refractivity contribution in [3.8, 4) is 0 Å². The monoisotopic (exact) mass is 366 g/mol. The molecule has 0 bridgehead atoms. The van der Waals surface area contributed by atoms with Crippen molar-refractivity contribution in [2.24, 2.45) is 0 Å². The third-order valence-corrected chi connectivity index (χ3v) is 4.11. The third-order valence-electron chi connectivity index (χ3n) is 4.11. The zero-order valence-corrected chi connectivity index (χ0v) is 16.7. The van der Waals surface area contributed by atoms with E-state index in [0.29, 0.717) is 16.7 Å². The fourth-order valence-electron chi connectivity index (χ4n) is 2.77. The zero-order chi connectivity index (χ0) is 20.4. The summed E-state index contributed by atoms with van der Waals surface area (Å²) in [6, 6.07) is 12.0. The van der Waals surface area contributed by atoms with Crippen LogP contribution < -0.4 is 5.43 Å². The lowest BCUT2D eigenvalue weighted by atomic mass is 10.0. The Labute approximate surface area is 160 Å². The summed E-state index contributed by atoms with van der Waals surface area (Å²) in [5.74, 6) is -0.746. The van der Waals surface area contributed by atoms with Gasteiger partial charge in [-0.1, -0.05) is 29.3 Å². The Morgan fingerprint density at radius 3 is 1.74 bits per heavy atom. The standard InChI is InChI=1S/C22H26N2O3/c1-14-11-15(2)13-19(12-14)21(27)24(22(4,5)6)23-20(26)18-9-7-17(8-10-18)16(3)25/h7-13H,1-6H3,(H,23,26). The highest BCUT2D eigenvalue weighted by Gasteiger charge is 2.29. The number of nitrogens with one attached hydrogen (secondary N) is 1. The number of benzene rings is 2. The molecule has 0 saturated carbocycles. The van der Waals surface area contributed by atoms with Gasteiger partial charge in [-0.25, -0.2) is 5.01 Å². The largest absolute Gasteiger partial charge is 0.295 e. The van der Waals surface area contributed by atoms with Gasteiger partial charge in [-0.2, -0.15) is 0 Å². The highest BCUT2D eigenvalue weighted by molar-refractivity contribution is 6.00. The van der Waals surface area contributed by atoms with E-state index in [-0.39, 0.29) is 11.7 Å². The van der Waals surface area contributed by atoms with Crippen molar-refractivity contribution in [3.63, 3.8) is 0 Å². The molecule has 5 heteroatoms. The minimum absolute atomic E-state index is 0.0664. The summed E-state index contributed by atoms with van der Waals surface area (Å²) < 4.78 is 0. The molecule has 0 aromatic heterocycles. The molecule has 142 valence electrons. The Bertz CT molecular complexity index is 857. The topological polar surface area (TPSA) is 66.5 Å². The molecule has 2 amide bonds. The van der Waals surface area contributed by atoms with Crippen LogP contribution in [-0.4, -0.2) is 28.1 Å². The number of carbonyl (C=O) groups is 3. The van der Waals surface area contributed by atoms with Crippen molar-refractivity contribution in [2.75, 3.05) is 0 Å². The molecule has 0 fully saturated rings. The maximum absolute atomic E-state index is 13.1. The van der Waals surface area contributed by atoms with Crippen molar-refractivity contribution in [2.45, 2.75) is 47.1 Å². The van der Waals surface area contributed by atoms with Gasteiger partial charge in [-0.3, -0.25) is 19.8 Å². The summed E-state index contributed by atoms with van der Waals surface area (Å²) in [7, 11) is 0. The first-order chi connectivity index (χ1) is 12.5. The van der Waals surface area contributed by atoms with Crippen LogP contribution >= 0.6 is 0 Å². The van der Waals surface area contributed by atoms with Crippen LogP contribution in [-0.2, 0) is 0 Å². The maximum Gasteiger partial charge on any atom is 0.272 e. The molecule has 0 unspecified atom stereocenters. The Morgan fingerprint density at radius 2 is 1.30 bits per heavy atom. The van der Waals surface area contributed by atoms with Gasteiger partial charge < -0.3 is 0 Å². The Morgan fingerprint density at radius 1 is 0.815 bits per heavy atom. The van der Waals surface area contributed by atoms with Crippen LogP contribution in [0.5, 0.6) is 0 Å². The highest BCUT2D eigenvalue weighted by Crippen LogP contribution is 2.18. The number of hydrazine groups is 1. The first kappa shape index (κ1) is 20.4. The minimum atomic E-state index is -0.621. The molecule has 0 aliphatic heterocycles. The van der Waals surface area contributed by atoms with Crippen molar-refractivity contribution in [3.05, 3.63) is 70.3 Å². The molecular weight excluding hydrogens is 340 g/mol. The molecule has 2 aromatic carbocycles. The van der Waals surface area contributed by atoms with Crippen molar-refractivity contribution in [1.82, 2.24) is 10.4 Å². The number of rotatable bonds is 3. The van der Waals surface area contributed by atoms with Gasteiger partial charge in [0.05, 0.1) is 5.54 Å². The predicted octanol–water partition coefficient (Wildman–Crippen LogP) is 4.09. The van der Waals surface area contributed by atoms with Crippen molar-refractivity contribution < 1.29 is 14.4 Å². The van der Waals surface area contributed by atoms with Gasteiger partial charge in [0, 0.05) is 16.7 Å². The van der Waals surface area contributed by atoms with Crippen LogP contribution in [0.1, 0.15) is 69.9 Å². The predicted molar refractivity (Wildman–Crippen MR) is 106 cm³/mol. The summed E-state index contributed by atoms with van der Waals surface area (Å²) in [5, 5.41) is 1.35. The number of aryl methyl sites for hydroxylation is 2. The fraction of sp³-hybridized carbons (Fsp3) is 0.318. The highest BCUT2D eigenvalue weighted by atomic mass is 16.2. The molecular formula is C22H26N2O3. The average Bonchev–Trinajstić information content (AvgIpc) is 2.57. The molecule has 1 N–H and O–H groups in total. The molecule has 2 aromatic rings. The molecule has 0 heterocycles. The summed E-state index contributed by atoms with van der Waals surface area (Å²) in [6.45, 7) is 10.9. The quantitative estimate of drug-likeness (QED) is 0.657. The van der Waals surface area contributed by atoms with Crippen molar-refractivity contribution in [1.29, 1.82) is 0 Å². The number of nitrogens with zero attached hydrogens (tertiary/aromatic N) is 1. The molecule has 0 atom stereocenters. The molecule has 5 nitrogen and oxygen atoms in total. The molecule has 27 heavy (non-hydrogen) atoms. The van der Waals surface area contributed by atoms with E-state index in [0.717, 1.165) is 11.1 Å². The van der Waals surface area contributed by atoms with Gasteiger partial charge in [0.25, 0.3) is 11.8 Å². The third kappa shape index (κ3) is 5.03. The van der Waals surface area contributed by atoms with E-state index in [1.165, 1.54) is 11.9 Å². The first-order valence-electron chi connectivity index (χ1n) is 8.84. The molecule has 0 aliphatic carbocycles. The lowest BCUT2D eigenvalue weighted by molar-refractivity contribution is 0.0358. The number of carbonyl (C=O) groups excluding carboxylic acids is 3. The van der Waals surface area contributed by atoms with Gasteiger partial charge in [-0.05, 0) is 65.8 Å². The van der Waals surface area contributed by atoms with Crippen LogP contribution in [0.15, 0.2) is 42.5 Å². The van der Waals surface area contributed by atoms with E-state index in [4.69, 9.17) is 0 Å². The van der Waals surface area contributed by atoms with E-state index < -0.39 is 11.4 Å². The van der Waals surface area contributed by atoms with E-state index in [2.05, 4.69) is 5.43 Å². The number of hydrogen-bond acceptors (Lipinski definition) is 3. The smallest absolute Gasteiger partial charge is 0.272 e. The maximum atomic E-state index is 13.1. The van der Waals surface area contributed by atoms with Crippen LogP contribution in [0.4, 0.5) is 0 Å². The molecule has 0 spiro atoms. The van der Waals surface area contributed by atoms with Crippen LogP contribution in [0.25, 0.3) is 0 Å². The lowest BCUT2D eigenvalue weighted by Gasteiger charge is -2.35. The van der Waals surface area contributed by atoms with Gasteiger partial charge in [0.1, 0.15) is 0 Å². The number of ketones is 1. The second-order valence-corrected chi connectivity index (χ2v) is 7.76. The van der Waals surface area contributed by atoms with E-state index in [1.54, 1.807) is 24.3 Å². The summed E-state index contributed by atoms with van der Waals surface area (Å²) in [5.41, 5.74) is 5.50. The number of Topliss-reactive ketones (excluding diaryl/α,β-unsaturated/α-hetero) is 1. The first-order valence-corrected chi connectivity index (χ1v) is 8.84. The average molecular weight is 366 g/mol. The van der Waals surface area contributed by atoms with E-state index in [1.807, 2.05) is 52.8 Å². The number of hydrogen-bond donors (Lipinski definition) is 1. The van der Waals surface area contributed by atoms with Gasteiger partial charge in [0.15, 0.2) is 5.78 Å². The molecule has 2 rings (SSSR count). The Kier molecular flexibility index (Phi) is 5.84. The summed E-state index contributed by atoms with van der Waals surface area (Å²) in [4.78, 5) is 37.1. The molecule has 0 saturated heterocycles. The Hall–Kier alpha value is -2.95.